The summed E-state index contributed by atoms with van der Waals surface area (Å²) in [5.41, 5.74) is 2.89. The van der Waals surface area contributed by atoms with Crippen molar-refractivity contribution < 1.29 is 4.74 Å². The van der Waals surface area contributed by atoms with Crippen LogP contribution in [-0.2, 0) is 4.74 Å². The fraction of sp³-hybridized carbons (Fsp3) is 0.286. The van der Waals surface area contributed by atoms with Gasteiger partial charge in [-0.3, -0.25) is 4.98 Å². The van der Waals surface area contributed by atoms with Crippen LogP contribution < -0.4 is 15.5 Å². The Balaban J connectivity index is 1.78. The van der Waals surface area contributed by atoms with E-state index in [4.69, 9.17) is 4.74 Å². The summed E-state index contributed by atoms with van der Waals surface area (Å²) in [6, 6.07) is 12.3. The molecule has 2 aromatic heterocycles. The average molecular weight is 500 g/mol. The van der Waals surface area contributed by atoms with Crippen LogP contribution in [0.25, 0.3) is 10.9 Å². The van der Waals surface area contributed by atoms with Crippen molar-refractivity contribution in [3.8, 4) is 6.07 Å². The smallest absolute Gasteiger partial charge is 0.143 e. The number of nitrogens with zero attached hydrogens (tertiary/aromatic N) is 4. The van der Waals surface area contributed by atoms with Gasteiger partial charge in [-0.2, -0.15) is 5.26 Å². The van der Waals surface area contributed by atoms with E-state index in [1.807, 2.05) is 30.3 Å². The van der Waals surface area contributed by atoms with Crippen LogP contribution in [0.15, 0.2) is 42.7 Å². The Labute approximate surface area is 183 Å². The van der Waals surface area contributed by atoms with Gasteiger partial charge < -0.3 is 20.3 Å². The van der Waals surface area contributed by atoms with E-state index >= 15 is 0 Å². The molecule has 1 atom stereocenters. The Bertz CT molecular complexity index is 1060. The highest BCUT2D eigenvalue weighted by atomic mass is 127. The summed E-state index contributed by atoms with van der Waals surface area (Å²) >= 11 is 2.27. The number of benzene rings is 1. The van der Waals surface area contributed by atoms with Gasteiger partial charge in [0.05, 0.1) is 29.6 Å². The Kier molecular flexibility index (Phi) is 6.08. The lowest BCUT2D eigenvalue weighted by Gasteiger charge is -2.34. The second-order valence-electron chi connectivity index (χ2n) is 6.67. The number of likely N-dealkylation sites (N-methyl/N-ethyl adjacent to an activating group) is 1. The first-order valence-electron chi connectivity index (χ1n) is 9.50. The summed E-state index contributed by atoms with van der Waals surface area (Å²) in [4.78, 5) is 11.2. The zero-order chi connectivity index (χ0) is 20.2. The van der Waals surface area contributed by atoms with Gasteiger partial charge in [-0.05, 0) is 53.8 Å². The van der Waals surface area contributed by atoms with Gasteiger partial charge in [0.2, 0.25) is 0 Å². The van der Waals surface area contributed by atoms with Crippen LogP contribution in [0.4, 0.5) is 17.2 Å². The van der Waals surface area contributed by atoms with E-state index in [2.05, 4.69) is 61.1 Å². The van der Waals surface area contributed by atoms with Gasteiger partial charge in [-0.1, -0.05) is 6.07 Å². The lowest BCUT2D eigenvalue weighted by Crippen LogP contribution is -2.49. The molecule has 0 spiro atoms. The first-order valence-corrected chi connectivity index (χ1v) is 10.6. The van der Waals surface area contributed by atoms with Crippen LogP contribution in [0.1, 0.15) is 12.5 Å². The number of hydrogen-bond donors (Lipinski definition) is 2. The summed E-state index contributed by atoms with van der Waals surface area (Å²) < 4.78 is 7.04. The fourth-order valence-corrected chi connectivity index (χ4v) is 3.98. The number of anilines is 3. The molecule has 1 aliphatic heterocycles. The van der Waals surface area contributed by atoms with E-state index in [0.717, 1.165) is 51.3 Å². The van der Waals surface area contributed by atoms with Gasteiger partial charge in [-0.15, -0.1) is 0 Å². The maximum atomic E-state index is 9.65. The van der Waals surface area contributed by atoms with E-state index in [1.54, 1.807) is 12.4 Å². The molecule has 148 valence electrons. The average Bonchev–Trinajstić information content (AvgIpc) is 2.75. The molecular formula is C21H21IN6O. The summed E-state index contributed by atoms with van der Waals surface area (Å²) in [7, 11) is 0. The number of fused-ring (bicyclic) bond motifs is 1. The van der Waals surface area contributed by atoms with E-state index in [-0.39, 0.29) is 6.23 Å². The number of hydrogen-bond acceptors (Lipinski definition) is 7. The molecule has 3 aromatic rings. The quantitative estimate of drug-likeness (QED) is 0.518. The van der Waals surface area contributed by atoms with Crippen LogP contribution in [0, 0.1) is 14.9 Å². The topological polar surface area (TPSA) is 86.1 Å². The number of nitriles is 1. The van der Waals surface area contributed by atoms with E-state index in [1.165, 1.54) is 0 Å². The van der Waals surface area contributed by atoms with Crippen molar-refractivity contribution in [3.05, 3.63) is 51.9 Å². The monoisotopic (exact) mass is 500 g/mol. The van der Waals surface area contributed by atoms with Crippen molar-refractivity contribution in [1.29, 1.82) is 5.26 Å². The minimum Gasteiger partial charge on any atom is -0.356 e. The number of rotatable bonds is 5. The summed E-state index contributed by atoms with van der Waals surface area (Å²) in [5.74, 6) is 0.802. The normalized spacial score (nSPS) is 16.4. The molecule has 1 aliphatic rings. The molecule has 0 aliphatic carbocycles. The predicted molar refractivity (Wildman–Crippen MR) is 122 cm³/mol. The van der Waals surface area contributed by atoms with E-state index in [9.17, 15) is 5.26 Å². The van der Waals surface area contributed by atoms with Gasteiger partial charge in [0.1, 0.15) is 18.1 Å². The molecule has 3 heterocycles. The molecule has 8 heteroatoms. The molecule has 0 saturated carbocycles. The zero-order valence-electron chi connectivity index (χ0n) is 16.0. The summed E-state index contributed by atoms with van der Waals surface area (Å²) in [6.07, 6.45) is 3.27. The third-order valence-electron chi connectivity index (χ3n) is 4.84. The molecule has 1 fully saturated rings. The highest BCUT2D eigenvalue weighted by molar-refractivity contribution is 14.1. The van der Waals surface area contributed by atoms with Crippen molar-refractivity contribution in [2.24, 2.45) is 0 Å². The Hall–Kier alpha value is -2.48. The lowest BCUT2D eigenvalue weighted by molar-refractivity contribution is 0.0268. The summed E-state index contributed by atoms with van der Waals surface area (Å²) in [5, 5.41) is 17.3. The molecular weight excluding hydrogens is 479 g/mol. The van der Waals surface area contributed by atoms with Gasteiger partial charge in [0, 0.05) is 40.5 Å². The SMILES string of the molecule is CCN(c1cc2c(Nc3cccc(I)c3)c(C#N)cnc2cn1)C1CNCCO1. The van der Waals surface area contributed by atoms with Crippen molar-refractivity contribution in [1.82, 2.24) is 15.3 Å². The lowest BCUT2D eigenvalue weighted by atomic mass is 10.1. The van der Waals surface area contributed by atoms with Gasteiger partial charge in [0.15, 0.2) is 0 Å². The zero-order valence-corrected chi connectivity index (χ0v) is 18.2. The van der Waals surface area contributed by atoms with E-state index < -0.39 is 0 Å². The van der Waals surface area contributed by atoms with Crippen molar-refractivity contribution in [2.45, 2.75) is 13.2 Å². The number of nitrogens with one attached hydrogen (secondary N) is 2. The molecule has 2 N–H and O–H groups in total. The van der Waals surface area contributed by atoms with Gasteiger partial charge in [-0.25, -0.2) is 4.98 Å². The standard InChI is InChI=1S/C21H21IN6O/c1-2-28(20-13-24-6-7-29-20)19-9-17-18(12-26-19)25-11-14(10-23)21(17)27-16-5-3-4-15(22)8-16/h3-5,8-9,11-12,20,24H,2,6-7,13H2,1H3,(H,25,27). The molecule has 7 nitrogen and oxygen atoms in total. The molecule has 0 amide bonds. The third-order valence-corrected chi connectivity index (χ3v) is 5.52. The van der Waals surface area contributed by atoms with Gasteiger partial charge in [0.25, 0.3) is 0 Å². The molecule has 1 aromatic carbocycles. The molecule has 1 unspecified atom stereocenters. The van der Waals surface area contributed by atoms with E-state index in [0.29, 0.717) is 12.2 Å². The number of aromatic nitrogens is 2. The van der Waals surface area contributed by atoms with Crippen LogP contribution >= 0.6 is 22.6 Å². The number of ether oxygens (including phenoxy) is 1. The second-order valence-corrected chi connectivity index (χ2v) is 7.91. The van der Waals surface area contributed by atoms with Crippen LogP contribution in [0.5, 0.6) is 0 Å². The minimum absolute atomic E-state index is 0.0714. The van der Waals surface area contributed by atoms with Crippen molar-refractivity contribution in [2.75, 3.05) is 36.5 Å². The van der Waals surface area contributed by atoms with Crippen molar-refractivity contribution in [3.63, 3.8) is 0 Å². The Morgan fingerprint density at radius 2 is 2.24 bits per heavy atom. The number of pyridine rings is 2. The number of morpholine rings is 1. The van der Waals surface area contributed by atoms with Crippen LogP contribution in [-0.4, -0.2) is 42.4 Å². The highest BCUT2D eigenvalue weighted by Crippen LogP contribution is 2.31. The van der Waals surface area contributed by atoms with Crippen molar-refractivity contribution >= 4 is 50.7 Å². The first kappa shape index (κ1) is 19.8. The number of halogens is 1. The Morgan fingerprint density at radius 3 is 2.97 bits per heavy atom. The maximum absolute atomic E-state index is 9.65. The third kappa shape index (κ3) is 4.27. The highest BCUT2D eigenvalue weighted by Gasteiger charge is 2.22. The fourth-order valence-electron chi connectivity index (χ4n) is 3.44. The maximum Gasteiger partial charge on any atom is 0.143 e. The van der Waals surface area contributed by atoms with Crippen LogP contribution in [0.2, 0.25) is 0 Å². The second kappa shape index (κ2) is 8.90. The molecule has 4 rings (SSSR count). The van der Waals surface area contributed by atoms with Gasteiger partial charge >= 0.3 is 0 Å². The largest absolute Gasteiger partial charge is 0.356 e. The van der Waals surface area contributed by atoms with Crippen LogP contribution in [0.3, 0.4) is 0 Å². The summed E-state index contributed by atoms with van der Waals surface area (Å²) in [6.45, 7) is 5.12. The predicted octanol–water partition coefficient (Wildman–Crippen LogP) is 3.62. The Morgan fingerprint density at radius 1 is 1.34 bits per heavy atom. The minimum atomic E-state index is -0.0714. The molecule has 0 bridgehead atoms. The molecule has 29 heavy (non-hydrogen) atoms. The first-order chi connectivity index (χ1) is 14.2. The molecule has 1 saturated heterocycles. The molecule has 0 radical (unpaired) electrons.